The second-order valence-corrected chi connectivity index (χ2v) is 9.38. The Balaban J connectivity index is 1.47. The minimum absolute atomic E-state index is 0.0622. The van der Waals surface area contributed by atoms with Crippen LogP contribution in [0.4, 0.5) is 5.82 Å². The molecule has 0 radical (unpaired) electrons. The average molecular weight is 467 g/mol. The number of hydrogen-bond acceptors (Lipinski definition) is 6. The number of phenolic OH excluding ortho intramolecular Hbond substituents is 2. The maximum atomic E-state index is 13.4. The molecule has 0 amide bonds. The molecular formula is C27H20N3O3S+. The molecule has 5 aromatic rings. The summed E-state index contributed by atoms with van der Waals surface area (Å²) in [5.41, 5.74) is 3.13. The van der Waals surface area contributed by atoms with Gasteiger partial charge in [0.15, 0.2) is 11.7 Å². The van der Waals surface area contributed by atoms with Crippen LogP contribution in [0.15, 0.2) is 85.1 Å². The van der Waals surface area contributed by atoms with Gasteiger partial charge in [-0.15, -0.1) is 11.3 Å². The second kappa shape index (κ2) is 7.97. The van der Waals surface area contributed by atoms with Crippen LogP contribution in [0, 0.1) is 0 Å². The van der Waals surface area contributed by atoms with Crippen molar-refractivity contribution in [2.24, 2.45) is 0 Å². The van der Waals surface area contributed by atoms with Crippen molar-refractivity contribution >= 4 is 33.1 Å². The molecule has 0 fully saturated rings. The van der Waals surface area contributed by atoms with E-state index in [9.17, 15) is 15.0 Å². The van der Waals surface area contributed by atoms with Crippen molar-refractivity contribution in [1.82, 2.24) is 4.98 Å². The van der Waals surface area contributed by atoms with Crippen molar-refractivity contribution in [3.63, 3.8) is 0 Å². The molecule has 2 aromatic heterocycles. The van der Waals surface area contributed by atoms with Crippen LogP contribution in [0.25, 0.3) is 31.9 Å². The standard InChI is InChI=1S/C27H19N3O3S/c31-19-9-5-16(6-10-19)13-21-27(33)30-15-22(17-7-11-20(32)12-8-17)28-25(26(30)29-21)24-14-18-3-1-2-4-23(18)34-24/h1-12,14-15,21,31-32H,13H2/p+1. The van der Waals surface area contributed by atoms with E-state index in [1.54, 1.807) is 58.5 Å². The van der Waals surface area contributed by atoms with Crippen LogP contribution in [0.1, 0.15) is 10.4 Å². The highest BCUT2D eigenvalue weighted by atomic mass is 32.1. The van der Waals surface area contributed by atoms with Crippen molar-refractivity contribution in [2.75, 3.05) is 5.32 Å². The summed E-state index contributed by atoms with van der Waals surface area (Å²) in [7, 11) is 0. The first kappa shape index (κ1) is 20.4. The lowest BCUT2D eigenvalue weighted by Gasteiger charge is -2.06. The van der Waals surface area contributed by atoms with Gasteiger partial charge in [0.1, 0.15) is 23.4 Å². The van der Waals surface area contributed by atoms with Crippen LogP contribution in [0.3, 0.4) is 0 Å². The van der Waals surface area contributed by atoms with E-state index in [1.165, 1.54) is 0 Å². The van der Waals surface area contributed by atoms with Gasteiger partial charge in [-0.1, -0.05) is 30.3 Å². The Labute approximate surface area is 199 Å². The van der Waals surface area contributed by atoms with Gasteiger partial charge in [0, 0.05) is 16.7 Å². The number of nitrogens with one attached hydrogen (secondary N) is 1. The number of aromatic hydroxyl groups is 2. The van der Waals surface area contributed by atoms with Crippen LogP contribution in [0.2, 0.25) is 0 Å². The Bertz CT molecular complexity index is 1510. The summed E-state index contributed by atoms with van der Waals surface area (Å²) < 4.78 is 2.80. The van der Waals surface area contributed by atoms with E-state index in [-0.39, 0.29) is 17.4 Å². The van der Waals surface area contributed by atoms with Crippen LogP contribution in [0.5, 0.6) is 11.5 Å². The molecule has 1 atom stereocenters. The molecular weight excluding hydrogens is 446 g/mol. The smallest absolute Gasteiger partial charge is 0.359 e. The van der Waals surface area contributed by atoms with Crippen molar-refractivity contribution in [3.05, 3.63) is 90.6 Å². The van der Waals surface area contributed by atoms with E-state index in [0.717, 1.165) is 26.1 Å². The fourth-order valence-corrected chi connectivity index (χ4v) is 5.31. The van der Waals surface area contributed by atoms with Crippen molar-refractivity contribution in [1.29, 1.82) is 0 Å². The Morgan fingerprint density at radius 2 is 1.65 bits per heavy atom. The highest BCUT2D eigenvalue weighted by Crippen LogP contribution is 2.37. The van der Waals surface area contributed by atoms with Gasteiger partial charge in [-0.3, -0.25) is 5.32 Å². The second-order valence-electron chi connectivity index (χ2n) is 8.29. The lowest BCUT2D eigenvalue weighted by atomic mass is 10.1. The third kappa shape index (κ3) is 3.56. The number of rotatable bonds is 4. The average Bonchev–Trinajstić information content (AvgIpc) is 3.42. The zero-order valence-electron chi connectivity index (χ0n) is 18.0. The third-order valence-corrected chi connectivity index (χ3v) is 7.12. The topological polar surface area (TPSA) is 86.3 Å². The summed E-state index contributed by atoms with van der Waals surface area (Å²) in [6.45, 7) is 0. The molecule has 166 valence electrons. The number of aromatic nitrogens is 2. The van der Waals surface area contributed by atoms with Crippen LogP contribution in [-0.2, 0) is 6.42 Å². The SMILES string of the molecule is O=C1C(Cc2ccc(O)cc2)Nc2c(-c3cc4ccccc4s3)nc(-c3ccc(O)cc3)c[n+]21. The molecule has 34 heavy (non-hydrogen) atoms. The molecule has 1 aliphatic rings. The van der Waals surface area contributed by atoms with Crippen molar-refractivity contribution < 1.29 is 19.6 Å². The zero-order chi connectivity index (χ0) is 23.2. The molecule has 1 unspecified atom stereocenters. The third-order valence-electron chi connectivity index (χ3n) is 5.99. The Hall–Kier alpha value is -4.23. The van der Waals surface area contributed by atoms with Crippen LogP contribution < -0.4 is 9.88 Å². The van der Waals surface area contributed by atoms with E-state index in [0.29, 0.717) is 23.6 Å². The lowest BCUT2D eigenvalue weighted by Crippen LogP contribution is -2.43. The number of hydrogen-bond donors (Lipinski definition) is 3. The molecule has 0 bridgehead atoms. The summed E-state index contributed by atoms with van der Waals surface area (Å²) in [4.78, 5) is 19.4. The molecule has 1 aliphatic heterocycles. The first-order valence-electron chi connectivity index (χ1n) is 10.9. The summed E-state index contributed by atoms with van der Waals surface area (Å²) in [5.74, 6) is 0.978. The van der Waals surface area contributed by atoms with E-state index < -0.39 is 6.04 Å². The molecule has 3 heterocycles. The molecule has 6 rings (SSSR count). The number of benzene rings is 3. The van der Waals surface area contributed by atoms with Gasteiger partial charge in [0.2, 0.25) is 0 Å². The summed E-state index contributed by atoms with van der Waals surface area (Å²) in [5, 5.41) is 23.8. The first-order chi connectivity index (χ1) is 16.5. The first-order valence-corrected chi connectivity index (χ1v) is 11.7. The van der Waals surface area contributed by atoms with Crippen molar-refractivity contribution in [2.45, 2.75) is 12.5 Å². The zero-order valence-corrected chi connectivity index (χ0v) is 18.8. The Morgan fingerprint density at radius 3 is 2.38 bits per heavy atom. The minimum atomic E-state index is -0.450. The highest BCUT2D eigenvalue weighted by molar-refractivity contribution is 7.22. The molecule has 3 N–H and O–H groups in total. The Kier molecular flexibility index (Phi) is 4.78. The summed E-state index contributed by atoms with van der Waals surface area (Å²) in [6.07, 6.45) is 2.24. The largest absolute Gasteiger partial charge is 0.508 e. The van der Waals surface area contributed by atoms with E-state index in [4.69, 9.17) is 4.98 Å². The molecule has 7 heteroatoms. The van der Waals surface area contributed by atoms with Gasteiger partial charge in [-0.25, -0.2) is 9.78 Å². The summed E-state index contributed by atoms with van der Waals surface area (Å²) >= 11 is 1.64. The fraction of sp³-hybridized carbons (Fsp3) is 0.0741. The molecule has 0 saturated carbocycles. The molecule has 3 aromatic carbocycles. The number of anilines is 1. The maximum Gasteiger partial charge on any atom is 0.359 e. The lowest BCUT2D eigenvalue weighted by molar-refractivity contribution is -0.551. The normalized spacial score (nSPS) is 14.8. The van der Waals surface area contributed by atoms with E-state index in [1.807, 2.05) is 24.3 Å². The molecule has 0 spiro atoms. The van der Waals surface area contributed by atoms with Gasteiger partial charge in [-0.2, -0.15) is 4.57 Å². The molecule has 6 nitrogen and oxygen atoms in total. The van der Waals surface area contributed by atoms with Gasteiger partial charge >= 0.3 is 11.7 Å². The number of thiophene rings is 1. The Morgan fingerprint density at radius 1 is 0.941 bits per heavy atom. The van der Waals surface area contributed by atoms with Gasteiger partial charge in [0.05, 0.1) is 4.88 Å². The number of carbonyl (C=O) groups excluding carboxylic acids is 1. The number of phenols is 2. The van der Waals surface area contributed by atoms with E-state index >= 15 is 0 Å². The predicted molar refractivity (Wildman–Crippen MR) is 132 cm³/mol. The molecule has 0 aliphatic carbocycles. The monoisotopic (exact) mass is 466 g/mol. The van der Waals surface area contributed by atoms with Gasteiger partial charge in [-0.05, 0) is 59.5 Å². The number of nitrogens with zero attached hydrogens (tertiary/aromatic N) is 2. The van der Waals surface area contributed by atoms with Crippen LogP contribution in [-0.4, -0.2) is 27.1 Å². The number of fused-ring (bicyclic) bond motifs is 2. The molecule has 0 saturated heterocycles. The number of carbonyl (C=O) groups is 1. The van der Waals surface area contributed by atoms with Crippen LogP contribution >= 0.6 is 11.3 Å². The maximum absolute atomic E-state index is 13.4. The van der Waals surface area contributed by atoms with Gasteiger partial charge < -0.3 is 10.2 Å². The van der Waals surface area contributed by atoms with E-state index in [2.05, 4.69) is 23.5 Å². The van der Waals surface area contributed by atoms with Crippen molar-refractivity contribution in [3.8, 4) is 33.3 Å². The fourth-order valence-electron chi connectivity index (χ4n) is 4.26. The predicted octanol–water partition coefficient (Wildman–Crippen LogP) is 5.01. The quantitative estimate of drug-likeness (QED) is 0.324. The highest BCUT2D eigenvalue weighted by Gasteiger charge is 2.41. The van der Waals surface area contributed by atoms with Gasteiger partial charge in [0.25, 0.3) is 0 Å². The minimum Gasteiger partial charge on any atom is -0.508 e. The summed E-state index contributed by atoms with van der Waals surface area (Å²) in [6, 6.07) is 23.5.